The topological polar surface area (TPSA) is 30.7 Å². The van der Waals surface area contributed by atoms with Crippen molar-refractivity contribution in [2.24, 2.45) is 0 Å². The SMILES string of the molecule is [2H]C(C)(C)c1cc(-c2[c-]cccc2)nc[c]1[Ge]([CH3])([CH3])[CH3].[Ir].[c-]1ccc2c(sc3cc(-c4ccccc4)ccc32)c1-c1nc2cc3ccccc3cc2n1-c1ccc(-c2ccccc2)cc1. The van der Waals surface area contributed by atoms with Gasteiger partial charge in [0.15, 0.2) is 0 Å². The number of rotatable bonds is 7. The first-order valence-electron chi connectivity index (χ1n) is 22.0. The Kier molecular flexibility index (Phi) is 12.0. The van der Waals surface area contributed by atoms with Crippen LogP contribution in [0, 0.1) is 12.1 Å². The van der Waals surface area contributed by atoms with Gasteiger partial charge >= 0.3 is 120 Å². The normalized spacial score (nSPS) is 11.9. The number of fused-ring (bicyclic) bond motifs is 5. The molecule has 0 fully saturated rings. The molecule has 0 spiro atoms. The maximum absolute atomic E-state index is 8.44. The third-order valence-corrected chi connectivity index (χ3v) is 17.2. The number of hydrogen-bond acceptors (Lipinski definition) is 3. The van der Waals surface area contributed by atoms with Gasteiger partial charge in [-0.1, -0.05) is 120 Å². The molecule has 0 aliphatic rings. The Labute approximate surface area is 397 Å². The van der Waals surface area contributed by atoms with Gasteiger partial charge in [0.2, 0.25) is 0 Å². The number of imidazole rings is 1. The van der Waals surface area contributed by atoms with E-state index < -0.39 is 19.2 Å². The maximum atomic E-state index is 8.44. The molecule has 6 heteroatoms. The Hall–Kier alpha value is -5.95. The van der Waals surface area contributed by atoms with Crippen molar-refractivity contribution in [3.8, 4) is 50.6 Å². The summed E-state index contributed by atoms with van der Waals surface area (Å²) in [6.07, 6.45) is 2.00. The molecule has 0 aliphatic heterocycles. The summed E-state index contributed by atoms with van der Waals surface area (Å²) in [5.74, 6) is 7.35. The molecule has 11 rings (SSSR count). The molecule has 3 aromatic heterocycles. The summed E-state index contributed by atoms with van der Waals surface area (Å²) in [4.78, 5) is 9.94. The standard InChI is InChI=1S/C41H25N2S.C17H22GeN.Ir/c1-3-10-27(11-4-1)29-18-21-33(22-19-29)43-38-25-31-15-8-7-14-30(31)24-37(38)42-41(43)36-17-9-16-35-34-23-20-32(26-39(34)44-40(35)36)28-12-5-2-6-13-28;1-13(2)15-11-17(14-9-7-6-8-10-14)19-12-16(15)18(3,4)5;/h1-16,18-26H;6-9,11-13H,1-5H3;/q2*-1;/i;13D;. The Morgan fingerprint density at radius 2 is 1.27 bits per heavy atom. The van der Waals surface area contributed by atoms with Gasteiger partial charge in [0.05, 0.1) is 16.9 Å². The van der Waals surface area contributed by atoms with E-state index in [0.717, 1.165) is 44.9 Å². The first-order chi connectivity index (χ1) is 31.0. The molecule has 0 bridgehead atoms. The number of hydrogen-bond donors (Lipinski definition) is 0. The molecule has 0 amide bonds. The van der Waals surface area contributed by atoms with Crippen molar-refractivity contribution >= 4 is 71.0 Å². The van der Waals surface area contributed by atoms with Crippen LogP contribution in [-0.4, -0.2) is 27.8 Å². The minimum atomic E-state index is -2.03. The quantitative estimate of drug-likeness (QED) is 0.118. The van der Waals surface area contributed by atoms with Gasteiger partial charge in [-0.05, 0) is 73.4 Å². The Bertz CT molecular complexity index is 3440. The molecule has 315 valence electrons. The molecule has 0 atom stereocenters. The summed E-state index contributed by atoms with van der Waals surface area (Å²) in [7, 11) is 0. The fourth-order valence-corrected chi connectivity index (χ4v) is 13.1. The summed E-state index contributed by atoms with van der Waals surface area (Å²) in [6, 6.07) is 70.8. The van der Waals surface area contributed by atoms with Crippen molar-refractivity contribution < 1.29 is 21.5 Å². The molecule has 1 radical (unpaired) electrons. The van der Waals surface area contributed by atoms with Crippen LogP contribution in [0.2, 0.25) is 17.3 Å². The first kappa shape index (κ1) is 42.0. The molecule has 3 heterocycles. The molecule has 0 unspecified atom stereocenters. The number of pyridine rings is 1. The van der Waals surface area contributed by atoms with Crippen LogP contribution >= 0.6 is 11.3 Å². The van der Waals surface area contributed by atoms with E-state index in [2.05, 4.69) is 191 Å². The molecule has 11 aromatic rings. The molecule has 0 N–H and O–H groups in total. The predicted molar refractivity (Wildman–Crippen MR) is 272 cm³/mol. The van der Waals surface area contributed by atoms with E-state index in [1.165, 1.54) is 57.6 Å². The van der Waals surface area contributed by atoms with Crippen molar-refractivity contribution in [3.63, 3.8) is 0 Å². The van der Waals surface area contributed by atoms with E-state index in [1.54, 1.807) is 0 Å². The number of nitrogens with zero attached hydrogens (tertiary/aromatic N) is 3. The zero-order valence-electron chi connectivity index (χ0n) is 37.5. The Morgan fingerprint density at radius 3 is 1.94 bits per heavy atom. The predicted octanol–water partition coefficient (Wildman–Crippen LogP) is 15.6. The van der Waals surface area contributed by atoms with Gasteiger partial charge in [0.25, 0.3) is 0 Å². The summed E-state index contributed by atoms with van der Waals surface area (Å²) >= 11 is -0.202. The molecule has 3 nitrogen and oxygen atoms in total. The van der Waals surface area contributed by atoms with Crippen LogP contribution in [0.5, 0.6) is 0 Å². The van der Waals surface area contributed by atoms with Crippen molar-refractivity contribution in [2.45, 2.75) is 37.0 Å². The minimum absolute atomic E-state index is 0. The number of benzene rings is 8. The number of aromatic nitrogens is 3. The van der Waals surface area contributed by atoms with E-state index >= 15 is 0 Å². The van der Waals surface area contributed by atoms with E-state index in [9.17, 15) is 0 Å². The van der Waals surface area contributed by atoms with Gasteiger partial charge in [0, 0.05) is 30.5 Å². The second-order valence-electron chi connectivity index (χ2n) is 17.3. The third kappa shape index (κ3) is 8.54. The monoisotopic (exact) mass is 1090 g/mol. The molecule has 0 saturated carbocycles. The molecule has 64 heavy (non-hydrogen) atoms. The van der Waals surface area contributed by atoms with Crippen LogP contribution < -0.4 is 4.40 Å². The van der Waals surface area contributed by atoms with Gasteiger partial charge in [-0.3, -0.25) is 4.98 Å². The Morgan fingerprint density at radius 1 is 0.625 bits per heavy atom. The van der Waals surface area contributed by atoms with Crippen LogP contribution in [0.25, 0.3) is 92.6 Å². The summed E-state index contributed by atoms with van der Waals surface area (Å²) < 4.78 is 14.5. The van der Waals surface area contributed by atoms with Crippen molar-refractivity contribution in [1.29, 1.82) is 0 Å². The second kappa shape index (κ2) is 18.3. The molecule has 8 aromatic carbocycles. The van der Waals surface area contributed by atoms with Crippen LogP contribution in [0.3, 0.4) is 0 Å². The summed E-state index contributed by atoms with van der Waals surface area (Å²) in [5, 5.41) is 4.89. The molecular weight excluding hydrogens is 1040 g/mol. The maximum Gasteiger partial charge on any atom is 0.0780 e. The average molecular weight is 1080 g/mol. The van der Waals surface area contributed by atoms with Gasteiger partial charge in [-0.15, -0.1) is 18.2 Å². The van der Waals surface area contributed by atoms with E-state index in [-0.39, 0.29) is 20.1 Å². The molecule has 0 saturated heterocycles. The zero-order valence-corrected chi connectivity index (χ0v) is 41.8. The van der Waals surface area contributed by atoms with Crippen LogP contribution in [-0.2, 0) is 20.1 Å². The summed E-state index contributed by atoms with van der Waals surface area (Å²) in [6.45, 7) is 3.91. The second-order valence-corrected chi connectivity index (χ2v) is 28.9. The van der Waals surface area contributed by atoms with Crippen molar-refractivity contribution in [2.75, 3.05) is 0 Å². The molecular formula is C58H47GeIrN3S-2. The number of thiophene rings is 1. The van der Waals surface area contributed by atoms with Crippen LogP contribution in [0.4, 0.5) is 0 Å². The van der Waals surface area contributed by atoms with Crippen LogP contribution in [0.15, 0.2) is 188 Å². The van der Waals surface area contributed by atoms with E-state index in [0.29, 0.717) is 0 Å². The van der Waals surface area contributed by atoms with Crippen molar-refractivity contribution in [3.05, 3.63) is 206 Å². The molecule has 0 aliphatic carbocycles. The third-order valence-electron chi connectivity index (χ3n) is 11.8. The largest absolute Gasteiger partial charge is 0.333 e. The first-order valence-corrected chi connectivity index (χ1v) is 29.6. The van der Waals surface area contributed by atoms with Gasteiger partial charge in [-0.2, -0.15) is 11.3 Å². The van der Waals surface area contributed by atoms with E-state index in [1.807, 2.05) is 61.7 Å². The van der Waals surface area contributed by atoms with Gasteiger partial charge in [-0.25, -0.2) is 0 Å². The Balaban J connectivity index is 0.000000215. The average Bonchev–Trinajstić information content (AvgIpc) is 3.89. The van der Waals surface area contributed by atoms with Gasteiger partial charge < -0.3 is 4.57 Å². The minimum Gasteiger partial charge on any atom is -0.333 e. The van der Waals surface area contributed by atoms with Crippen molar-refractivity contribution in [1.82, 2.24) is 14.5 Å². The zero-order chi connectivity index (χ0) is 44.0. The fourth-order valence-electron chi connectivity index (χ4n) is 8.51. The van der Waals surface area contributed by atoms with E-state index in [4.69, 9.17) is 6.35 Å². The summed E-state index contributed by atoms with van der Waals surface area (Å²) in [5.41, 5.74) is 12.0. The fraction of sp³-hybridized carbons (Fsp3) is 0.103. The smallest absolute Gasteiger partial charge is 0.0780 e. The van der Waals surface area contributed by atoms with Crippen LogP contribution in [0.1, 0.15) is 26.7 Å². The van der Waals surface area contributed by atoms with Gasteiger partial charge in [0.1, 0.15) is 0 Å².